The van der Waals surface area contributed by atoms with Gasteiger partial charge in [0.05, 0.1) is 5.69 Å². The summed E-state index contributed by atoms with van der Waals surface area (Å²) in [5.74, 6) is -1.19. The van der Waals surface area contributed by atoms with E-state index in [2.05, 4.69) is 20.8 Å². The molecule has 0 aliphatic rings. The van der Waals surface area contributed by atoms with Crippen molar-refractivity contribution in [2.75, 3.05) is 0 Å². The first-order valence-electron chi connectivity index (χ1n) is 7.33. The molecule has 0 spiro atoms. The number of rotatable bonds is 3. The molecular weight excluding hydrogens is 278 g/mol. The number of aromatic carboxylic acids is 1. The predicted octanol–water partition coefficient (Wildman–Crippen LogP) is 3.53. The van der Waals surface area contributed by atoms with Crippen molar-refractivity contribution in [3.05, 3.63) is 57.9 Å². The zero-order chi connectivity index (χ0) is 16.5. The van der Waals surface area contributed by atoms with Crippen LogP contribution in [0.3, 0.4) is 0 Å². The molecule has 22 heavy (non-hydrogen) atoms. The minimum absolute atomic E-state index is 0.0656. The fourth-order valence-corrected chi connectivity index (χ4v) is 2.45. The molecule has 1 heterocycles. The third kappa shape index (κ3) is 2.96. The molecule has 0 aliphatic carbocycles. The summed E-state index contributed by atoms with van der Waals surface area (Å²) in [7, 11) is 0. The molecular formula is C18H21NO3. The molecule has 116 valence electrons. The molecule has 2 aromatic rings. The van der Waals surface area contributed by atoms with Gasteiger partial charge in [0, 0.05) is 6.54 Å². The van der Waals surface area contributed by atoms with Crippen LogP contribution >= 0.6 is 0 Å². The Morgan fingerprint density at radius 1 is 1.09 bits per heavy atom. The van der Waals surface area contributed by atoms with Gasteiger partial charge in [-0.2, -0.15) is 0 Å². The Labute approximate surface area is 130 Å². The summed E-state index contributed by atoms with van der Waals surface area (Å²) in [5.41, 5.74) is 2.26. The third-order valence-corrected chi connectivity index (χ3v) is 3.77. The fraction of sp³-hybridized carbons (Fsp3) is 0.333. The zero-order valence-electron chi connectivity index (χ0n) is 13.4. The molecule has 4 heteroatoms. The maximum absolute atomic E-state index is 12.2. The lowest BCUT2D eigenvalue weighted by Gasteiger charge is -2.19. The van der Waals surface area contributed by atoms with Gasteiger partial charge in [-0.3, -0.25) is 4.79 Å². The lowest BCUT2D eigenvalue weighted by molar-refractivity contribution is 0.0694. The number of pyridine rings is 1. The Kier molecular flexibility index (Phi) is 4.22. The van der Waals surface area contributed by atoms with Crippen LogP contribution in [0, 0.1) is 0 Å². The van der Waals surface area contributed by atoms with E-state index in [1.165, 1.54) is 16.2 Å². The van der Waals surface area contributed by atoms with E-state index in [-0.39, 0.29) is 11.0 Å². The van der Waals surface area contributed by atoms with Crippen molar-refractivity contribution in [2.45, 2.75) is 39.7 Å². The van der Waals surface area contributed by atoms with E-state index in [1.807, 2.05) is 31.2 Å². The number of benzene rings is 1. The molecule has 0 amide bonds. The molecule has 0 unspecified atom stereocenters. The number of carbonyl (C=O) groups is 1. The summed E-state index contributed by atoms with van der Waals surface area (Å²) >= 11 is 0. The first-order chi connectivity index (χ1) is 10.3. The normalized spacial score (nSPS) is 11.5. The third-order valence-electron chi connectivity index (χ3n) is 3.77. The summed E-state index contributed by atoms with van der Waals surface area (Å²) in [4.78, 5) is 23.3. The van der Waals surface area contributed by atoms with Gasteiger partial charge in [-0.15, -0.1) is 0 Å². The molecule has 0 radical (unpaired) electrons. The van der Waals surface area contributed by atoms with Crippen molar-refractivity contribution in [2.24, 2.45) is 0 Å². The summed E-state index contributed by atoms with van der Waals surface area (Å²) in [6.45, 7) is 8.69. The van der Waals surface area contributed by atoms with Crippen LogP contribution < -0.4 is 5.56 Å². The molecule has 1 N–H and O–H groups in total. The Balaban J connectivity index is 2.56. The monoisotopic (exact) mass is 299 g/mol. The minimum atomic E-state index is -1.19. The lowest BCUT2D eigenvalue weighted by Crippen LogP contribution is -2.26. The van der Waals surface area contributed by atoms with Gasteiger partial charge in [0.15, 0.2) is 0 Å². The molecule has 1 aromatic carbocycles. The van der Waals surface area contributed by atoms with E-state index in [4.69, 9.17) is 5.11 Å². The average molecular weight is 299 g/mol. The fourth-order valence-electron chi connectivity index (χ4n) is 2.45. The van der Waals surface area contributed by atoms with E-state index in [1.54, 1.807) is 6.07 Å². The van der Waals surface area contributed by atoms with Crippen LogP contribution in [0.25, 0.3) is 11.3 Å². The smallest absolute Gasteiger partial charge is 0.341 e. The first kappa shape index (κ1) is 16.0. The van der Waals surface area contributed by atoms with Crippen molar-refractivity contribution in [3.8, 4) is 11.3 Å². The highest BCUT2D eigenvalue weighted by Gasteiger charge is 2.16. The second kappa shape index (κ2) is 5.79. The van der Waals surface area contributed by atoms with Crippen molar-refractivity contribution in [1.29, 1.82) is 0 Å². The molecule has 0 bridgehead atoms. The first-order valence-corrected chi connectivity index (χ1v) is 7.33. The standard InChI is InChI=1S/C18H21NO3/c1-5-19-15(11-10-14(16(19)20)17(21)22)12-6-8-13(9-7-12)18(2,3)4/h6-11H,5H2,1-4H3,(H,21,22). The lowest BCUT2D eigenvalue weighted by atomic mass is 9.86. The van der Waals surface area contributed by atoms with E-state index < -0.39 is 11.5 Å². The molecule has 0 atom stereocenters. The highest BCUT2D eigenvalue weighted by Crippen LogP contribution is 2.25. The Morgan fingerprint density at radius 2 is 1.68 bits per heavy atom. The van der Waals surface area contributed by atoms with Crippen molar-refractivity contribution < 1.29 is 9.90 Å². The summed E-state index contributed by atoms with van der Waals surface area (Å²) in [6, 6.07) is 11.1. The zero-order valence-corrected chi connectivity index (χ0v) is 13.4. The Morgan fingerprint density at radius 3 is 2.14 bits per heavy atom. The topological polar surface area (TPSA) is 59.3 Å². The van der Waals surface area contributed by atoms with Crippen LogP contribution in [-0.4, -0.2) is 15.6 Å². The predicted molar refractivity (Wildman–Crippen MR) is 87.5 cm³/mol. The average Bonchev–Trinajstić information content (AvgIpc) is 2.45. The van der Waals surface area contributed by atoms with Gasteiger partial charge in [-0.05, 0) is 35.6 Å². The number of aromatic nitrogens is 1. The van der Waals surface area contributed by atoms with Gasteiger partial charge >= 0.3 is 5.97 Å². The van der Waals surface area contributed by atoms with E-state index in [0.29, 0.717) is 6.54 Å². The Hall–Kier alpha value is -2.36. The van der Waals surface area contributed by atoms with Crippen LogP contribution in [0.4, 0.5) is 0 Å². The van der Waals surface area contributed by atoms with Gasteiger partial charge < -0.3 is 9.67 Å². The largest absolute Gasteiger partial charge is 0.477 e. The molecule has 4 nitrogen and oxygen atoms in total. The maximum Gasteiger partial charge on any atom is 0.341 e. The second-order valence-electron chi connectivity index (χ2n) is 6.31. The van der Waals surface area contributed by atoms with Crippen LogP contribution in [0.1, 0.15) is 43.6 Å². The van der Waals surface area contributed by atoms with Crippen LogP contribution in [-0.2, 0) is 12.0 Å². The number of carboxylic acids is 1. The minimum Gasteiger partial charge on any atom is -0.477 e. The summed E-state index contributed by atoms with van der Waals surface area (Å²) < 4.78 is 1.50. The Bertz CT molecular complexity index is 749. The highest BCUT2D eigenvalue weighted by atomic mass is 16.4. The SMILES string of the molecule is CCn1c(-c2ccc(C(C)(C)C)cc2)ccc(C(=O)O)c1=O. The highest BCUT2D eigenvalue weighted by molar-refractivity contribution is 5.87. The molecule has 2 rings (SSSR count). The van der Waals surface area contributed by atoms with Gasteiger partial charge in [0.1, 0.15) is 5.56 Å². The van der Waals surface area contributed by atoms with Gasteiger partial charge in [-0.1, -0.05) is 45.0 Å². The van der Waals surface area contributed by atoms with Gasteiger partial charge in [-0.25, -0.2) is 4.79 Å². The number of nitrogens with zero attached hydrogens (tertiary/aromatic N) is 1. The van der Waals surface area contributed by atoms with Gasteiger partial charge in [0.25, 0.3) is 5.56 Å². The second-order valence-corrected chi connectivity index (χ2v) is 6.31. The van der Waals surface area contributed by atoms with E-state index in [0.717, 1.165) is 11.3 Å². The summed E-state index contributed by atoms with van der Waals surface area (Å²) in [6.07, 6.45) is 0. The van der Waals surface area contributed by atoms with Crippen LogP contribution in [0.15, 0.2) is 41.2 Å². The number of hydrogen-bond acceptors (Lipinski definition) is 2. The molecule has 0 fully saturated rings. The van der Waals surface area contributed by atoms with Crippen molar-refractivity contribution in [1.82, 2.24) is 4.57 Å². The quantitative estimate of drug-likeness (QED) is 0.943. The van der Waals surface area contributed by atoms with E-state index in [9.17, 15) is 9.59 Å². The molecule has 0 aliphatic heterocycles. The summed E-state index contributed by atoms with van der Waals surface area (Å²) in [5, 5.41) is 9.06. The number of carboxylic acid groups (broad SMARTS) is 1. The van der Waals surface area contributed by atoms with Crippen molar-refractivity contribution >= 4 is 5.97 Å². The molecule has 1 aromatic heterocycles. The van der Waals surface area contributed by atoms with Crippen molar-refractivity contribution in [3.63, 3.8) is 0 Å². The molecule has 0 saturated heterocycles. The van der Waals surface area contributed by atoms with Crippen LogP contribution in [0.5, 0.6) is 0 Å². The van der Waals surface area contributed by atoms with E-state index >= 15 is 0 Å². The molecule has 0 saturated carbocycles. The van der Waals surface area contributed by atoms with Gasteiger partial charge in [0.2, 0.25) is 0 Å². The maximum atomic E-state index is 12.2. The number of hydrogen-bond donors (Lipinski definition) is 1. The van der Waals surface area contributed by atoms with Crippen LogP contribution in [0.2, 0.25) is 0 Å².